The molecule has 4 unspecified atom stereocenters. The lowest BCUT2D eigenvalue weighted by molar-refractivity contribution is 0.267. The molecule has 2 bridgehead atoms. The van der Waals surface area contributed by atoms with Gasteiger partial charge in [0.15, 0.2) is 0 Å². The Bertz CT molecular complexity index is 384. The molecule has 0 saturated heterocycles. The van der Waals surface area contributed by atoms with E-state index >= 15 is 0 Å². The molecule has 1 N–H and O–H groups in total. The van der Waals surface area contributed by atoms with Crippen LogP contribution in [0.2, 0.25) is 0 Å². The zero-order chi connectivity index (χ0) is 11.8. The van der Waals surface area contributed by atoms with Crippen LogP contribution in [0.3, 0.4) is 0 Å². The Kier molecular flexibility index (Phi) is 2.99. The van der Waals surface area contributed by atoms with E-state index in [2.05, 4.69) is 24.5 Å². The second-order valence-electron chi connectivity index (χ2n) is 5.96. The van der Waals surface area contributed by atoms with Gasteiger partial charge in [0.1, 0.15) is 11.5 Å². The SMILES string of the molecule is CNC(CC1CC2CCC1C2)c1ccc(C)o1. The van der Waals surface area contributed by atoms with Crippen LogP contribution in [-0.4, -0.2) is 7.05 Å². The van der Waals surface area contributed by atoms with Gasteiger partial charge in [0.05, 0.1) is 6.04 Å². The lowest BCUT2D eigenvalue weighted by Gasteiger charge is -2.25. The van der Waals surface area contributed by atoms with Gasteiger partial charge in [0.2, 0.25) is 0 Å². The molecule has 0 aliphatic heterocycles. The minimum Gasteiger partial charge on any atom is -0.465 e. The second-order valence-corrected chi connectivity index (χ2v) is 5.96. The highest BCUT2D eigenvalue weighted by atomic mass is 16.3. The van der Waals surface area contributed by atoms with Crippen molar-refractivity contribution in [2.24, 2.45) is 17.8 Å². The van der Waals surface area contributed by atoms with Crippen molar-refractivity contribution in [1.29, 1.82) is 0 Å². The molecule has 17 heavy (non-hydrogen) atoms. The van der Waals surface area contributed by atoms with Crippen LogP contribution in [0.15, 0.2) is 16.5 Å². The van der Waals surface area contributed by atoms with Crippen LogP contribution in [0.4, 0.5) is 0 Å². The molecule has 1 aromatic heterocycles. The Hall–Kier alpha value is -0.760. The molecule has 4 atom stereocenters. The van der Waals surface area contributed by atoms with E-state index < -0.39 is 0 Å². The summed E-state index contributed by atoms with van der Waals surface area (Å²) in [4.78, 5) is 0. The van der Waals surface area contributed by atoms with E-state index in [0.717, 1.165) is 29.3 Å². The van der Waals surface area contributed by atoms with Crippen molar-refractivity contribution < 1.29 is 4.42 Å². The molecule has 0 radical (unpaired) electrons. The normalized spacial score (nSPS) is 33.2. The molecule has 0 spiro atoms. The van der Waals surface area contributed by atoms with Gasteiger partial charge < -0.3 is 9.73 Å². The second kappa shape index (κ2) is 4.49. The van der Waals surface area contributed by atoms with Crippen LogP contribution in [0.25, 0.3) is 0 Å². The van der Waals surface area contributed by atoms with Gasteiger partial charge in [0.25, 0.3) is 0 Å². The fraction of sp³-hybridized carbons (Fsp3) is 0.733. The number of hydrogen-bond donors (Lipinski definition) is 1. The first-order chi connectivity index (χ1) is 8.26. The molecule has 1 aromatic rings. The van der Waals surface area contributed by atoms with Gasteiger partial charge in [-0.05, 0) is 69.5 Å². The molecular weight excluding hydrogens is 210 g/mol. The van der Waals surface area contributed by atoms with E-state index in [1.54, 1.807) is 0 Å². The van der Waals surface area contributed by atoms with Crippen molar-refractivity contribution >= 4 is 0 Å². The summed E-state index contributed by atoms with van der Waals surface area (Å²) in [5.41, 5.74) is 0. The highest BCUT2D eigenvalue weighted by Gasteiger charge is 2.40. The van der Waals surface area contributed by atoms with Crippen molar-refractivity contribution in [3.05, 3.63) is 23.7 Å². The van der Waals surface area contributed by atoms with E-state index in [1.165, 1.54) is 32.1 Å². The van der Waals surface area contributed by atoms with E-state index in [1.807, 2.05) is 6.92 Å². The van der Waals surface area contributed by atoms with Crippen LogP contribution >= 0.6 is 0 Å². The maximum Gasteiger partial charge on any atom is 0.121 e. The average Bonchev–Trinajstić information content (AvgIpc) is 3.01. The Balaban J connectivity index is 1.66. The fourth-order valence-electron chi connectivity index (χ4n) is 3.98. The minimum absolute atomic E-state index is 0.410. The maximum absolute atomic E-state index is 5.76. The summed E-state index contributed by atoms with van der Waals surface area (Å²) in [5, 5.41) is 3.42. The van der Waals surface area contributed by atoms with Gasteiger partial charge in [-0.2, -0.15) is 0 Å². The van der Waals surface area contributed by atoms with Gasteiger partial charge in [-0.3, -0.25) is 0 Å². The number of aryl methyl sites for hydroxylation is 1. The van der Waals surface area contributed by atoms with Gasteiger partial charge in [-0.25, -0.2) is 0 Å². The summed E-state index contributed by atoms with van der Waals surface area (Å²) in [7, 11) is 2.05. The molecule has 3 rings (SSSR count). The van der Waals surface area contributed by atoms with Crippen LogP contribution in [0.5, 0.6) is 0 Å². The first kappa shape index (κ1) is 11.3. The quantitative estimate of drug-likeness (QED) is 0.858. The molecule has 0 aromatic carbocycles. The van der Waals surface area contributed by atoms with Crippen molar-refractivity contribution in [2.45, 2.75) is 45.1 Å². The van der Waals surface area contributed by atoms with Crippen molar-refractivity contribution in [3.63, 3.8) is 0 Å². The largest absolute Gasteiger partial charge is 0.465 e. The zero-order valence-electron chi connectivity index (χ0n) is 10.9. The molecule has 2 aliphatic rings. The van der Waals surface area contributed by atoms with E-state index in [0.29, 0.717) is 6.04 Å². The standard InChI is InChI=1S/C15H23NO/c1-10-3-6-15(17-10)14(16-2)9-13-8-11-4-5-12(13)7-11/h3,6,11-14,16H,4-5,7-9H2,1-2H3. The molecule has 2 aliphatic carbocycles. The monoisotopic (exact) mass is 233 g/mol. The molecular formula is C15H23NO. The number of fused-ring (bicyclic) bond motifs is 2. The highest BCUT2D eigenvalue weighted by Crippen LogP contribution is 2.50. The first-order valence-corrected chi connectivity index (χ1v) is 7.00. The first-order valence-electron chi connectivity index (χ1n) is 7.00. The number of rotatable bonds is 4. The molecule has 2 fully saturated rings. The Morgan fingerprint density at radius 2 is 2.24 bits per heavy atom. The highest BCUT2D eigenvalue weighted by molar-refractivity contribution is 5.10. The number of furan rings is 1. The summed E-state index contributed by atoms with van der Waals surface area (Å²) in [6.45, 7) is 2.02. The van der Waals surface area contributed by atoms with Gasteiger partial charge in [0, 0.05) is 0 Å². The van der Waals surface area contributed by atoms with Crippen molar-refractivity contribution in [2.75, 3.05) is 7.05 Å². The fourth-order valence-corrected chi connectivity index (χ4v) is 3.98. The summed E-state index contributed by atoms with van der Waals surface area (Å²) >= 11 is 0. The van der Waals surface area contributed by atoms with E-state index in [9.17, 15) is 0 Å². The third-order valence-corrected chi connectivity index (χ3v) is 4.88. The van der Waals surface area contributed by atoms with Crippen LogP contribution in [-0.2, 0) is 0 Å². The van der Waals surface area contributed by atoms with Crippen LogP contribution in [0, 0.1) is 24.7 Å². The third kappa shape index (κ3) is 2.15. The molecule has 2 heteroatoms. The number of nitrogens with one attached hydrogen (secondary N) is 1. The minimum atomic E-state index is 0.410. The predicted molar refractivity (Wildman–Crippen MR) is 68.8 cm³/mol. The van der Waals surface area contributed by atoms with E-state index in [-0.39, 0.29) is 0 Å². The Morgan fingerprint density at radius 1 is 1.35 bits per heavy atom. The topological polar surface area (TPSA) is 25.2 Å². The van der Waals surface area contributed by atoms with Gasteiger partial charge in [-0.1, -0.05) is 6.42 Å². The molecule has 2 saturated carbocycles. The summed E-state index contributed by atoms with van der Waals surface area (Å²) in [6, 6.07) is 4.61. The lowest BCUT2D eigenvalue weighted by atomic mass is 9.84. The molecule has 2 nitrogen and oxygen atoms in total. The van der Waals surface area contributed by atoms with Crippen molar-refractivity contribution in [1.82, 2.24) is 5.32 Å². The third-order valence-electron chi connectivity index (χ3n) is 4.88. The predicted octanol–water partition coefficient (Wildman–Crippen LogP) is 3.67. The average molecular weight is 233 g/mol. The Labute approximate surface area is 104 Å². The van der Waals surface area contributed by atoms with Gasteiger partial charge in [-0.15, -0.1) is 0 Å². The van der Waals surface area contributed by atoms with E-state index in [4.69, 9.17) is 4.42 Å². The smallest absolute Gasteiger partial charge is 0.121 e. The molecule has 0 amide bonds. The van der Waals surface area contributed by atoms with Crippen LogP contribution in [0.1, 0.15) is 49.7 Å². The zero-order valence-corrected chi connectivity index (χ0v) is 10.9. The van der Waals surface area contributed by atoms with Crippen molar-refractivity contribution in [3.8, 4) is 0 Å². The van der Waals surface area contributed by atoms with Gasteiger partial charge >= 0.3 is 0 Å². The Morgan fingerprint density at radius 3 is 2.76 bits per heavy atom. The summed E-state index contributed by atoms with van der Waals surface area (Å²) in [5.74, 6) is 5.12. The molecule has 1 heterocycles. The summed E-state index contributed by atoms with van der Waals surface area (Å²) in [6.07, 6.45) is 7.18. The maximum atomic E-state index is 5.76. The molecule has 94 valence electrons. The number of hydrogen-bond acceptors (Lipinski definition) is 2. The van der Waals surface area contributed by atoms with Crippen LogP contribution < -0.4 is 5.32 Å². The summed E-state index contributed by atoms with van der Waals surface area (Å²) < 4.78 is 5.76. The lowest BCUT2D eigenvalue weighted by Crippen LogP contribution is -2.22.